The predicted octanol–water partition coefficient (Wildman–Crippen LogP) is 5.86. The van der Waals surface area contributed by atoms with E-state index in [1.807, 2.05) is 13.8 Å². The fourth-order valence-corrected chi connectivity index (χ4v) is 10.1. The van der Waals surface area contributed by atoms with Gasteiger partial charge < -0.3 is 38.1 Å². The zero-order valence-corrected chi connectivity index (χ0v) is 31.7. The first-order valence-corrected chi connectivity index (χ1v) is 19.5. The highest BCUT2D eigenvalue weighted by molar-refractivity contribution is 5.99. The van der Waals surface area contributed by atoms with Crippen LogP contribution in [-0.2, 0) is 42.7 Å². The Bertz CT molecular complexity index is 1240. The van der Waals surface area contributed by atoms with E-state index >= 15 is 0 Å². The molecule has 0 bridgehead atoms. The number of fused-ring (bicyclic) bond motifs is 5. The standard InChI is InChI=1S/C40H63NO9/c1-9-26-11-10-12-34(50-37-16-15-33(41(5)6)24(4)47-37)23(3)38(43)32-20-30-28(31(32)21-36(42)48-26)14-13-25-18-27(19-29(25)30)49-40-39(45-8)35(44-7)17-22(2)46-40/h13-14,20,22-31,33-35,37,39-40H,9-12,15-19,21H2,1-8H3/t22-,23+,24+,25+,26-,27+,28+,29+,30+,31-,33-,34+,35+,37-,39+,40-/m0/s1. The van der Waals surface area contributed by atoms with Crippen molar-refractivity contribution in [2.75, 3.05) is 28.3 Å². The number of Topliss-reactive ketones (excluding diaryl/α,β-unsaturated/α-hetero) is 1. The van der Waals surface area contributed by atoms with Crippen LogP contribution in [0.3, 0.4) is 0 Å². The fraction of sp³-hybridized carbons (Fsp3) is 0.850. The van der Waals surface area contributed by atoms with Crippen molar-refractivity contribution >= 4 is 11.8 Å². The highest BCUT2D eigenvalue weighted by atomic mass is 16.7. The molecule has 282 valence electrons. The number of hydrogen-bond donors (Lipinski definition) is 0. The molecule has 6 rings (SSSR count). The minimum absolute atomic E-state index is 0.00322. The predicted molar refractivity (Wildman–Crippen MR) is 188 cm³/mol. The summed E-state index contributed by atoms with van der Waals surface area (Å²) < 4.78 is 43.6. The Morgan fingerprint density at radius 3 is 2.38 bits per heavy atom. The quantitative estimate of drug-likeness (QED) is 0.226. The molecule has 50 heavy (non-hydrogen) atoms. The van der Waals surface area contributed by atoms with Crippen LogP contribution in [-0.4, -0.2) is 106 Å². The van der Waals surface area contributed by atoms with Gasteiger partial charge in [-0.3, -0.25) is 9.59 Å². The first kappa shape index (κ1) is 38.1. The molecule has 3 saturated heterocycles. The van der Waals surface area contributed by atoms with Gasteiger partial charge >= 0.3 is 5.97 Å². The van der Waals surface area contributed by atoms with E-state index in [9.17, 15) is 9.59 Å². The highest BCUT2D eigenvalue weighted by Crippen LogP contribution is 2.54. The number of carbonyl (C=O) groups is 2. The maximum atomic E-state index is 14.6. The van der Waals surface area contributed by atoms with E-state index in [0.717, 1.165) is 63.4 Å². The number of rotatable bonds is 8. The second-order valence-corrected chi connectivity index (χ2v) is 16.2. The third-order valence-electron chi connectivity index (χ3n) is 12.8. The fourth-order valence-electron chi connectivity index (χ4n) is 10.1. The third-order valence-corrected chi connectivity index (χ3v) is 12.8. The second kappa shape index (κ2) is 16.6. The Kier molecular flexibility index (Phi) is 12.6. The number of cyclic esters (lactones) is 1. The van der Waals surface area contributed by atoms with Crippen molar-refractivity contribution in [1.29, 1.82) is 0 Å². The van der Waals surface area contributed by atoms with Crippen LogP contribution in [0.15, 0.2) is 23.8 Å². The van der Waals surface area contributed by atoms with Crippen molar-refractivity contribution in [1.82, 2.24) is 4.90 Å². The average molecular weight is 702 g/mol. The second-order valence-electron chi connectivity index (χ2n) is 16.2. The molecule has 3 heterocycles. The van der Waals surface area contributed by atoms with E-state index in [-0.39, 0.29) is 90.9 Å². The summed E-state index contributed by atoms with van der Waals surface area (Å²) in [7, 11) is 7.58. The molecule has 0 N–H and O–H groups in total. The van der Waals surface area contributed by atoms with Crippen LogP contribution >= 0.6 is 0 Å². The average Bonchev–Trinajstić information content (AvgIpc) is 3.66. The first-order valence-electron chi connectivity index (χ1n) is 19.5. The molecule has 4 fully saturated rings. The van der Waals surface area contributed by atoms with Gasteiger partial charge in [0, 0.05) is 38.5 Å². The van der Waals surface area contributed by atoms with E-state index in [1.165, 1.54) is 0 Å². The summed E-state index contributed by atoms with van der Waals surface area (Å²) in [5.41, 5.74) is 0.777. The molecule has 6 aliphatic rings. The molecule has 10 heteroatoms. The molecule has 1 saturated carbocycles. The molecule has 0 aromatic carbocycles. The SMILES string of the molecule is CC[C@H]1CCC[C@@H](O[C@H]2CC[C@H](N(C)C)[C@@H](C)O2)[C@@H](C)C(=O)C2=C[C@@H]3[C@@H](C=C[C@@H]4C[C@@H](O[C@@H]5O[C@@H](C)C[C@@H](OC)[C@H]5OC)C[C@@H]34)[C@@H]2CC(=O)O1. The van der Waals surface area contributed by atoms with Crippen LogP contribution in [0.25, 0.3) is 0 Å². The van der Waals surface area contributed by atoms with E-state index in [2.05, 4.69) is 51.1 Å². The van der Waals surface area contributed by atoms with E-state index < -0.39 is 6.29 Å². The van der Waals surface area contributed by atoms with Crippen LogP contribution in [0.4, 0.5) is 0 Å². The molecule has 3 aliphatic heterocycles. The summed E-state index contributed by atoms with van der Waals surface area (Å²) in [5.74, 6) is 0.179. The first-order chi connectivity index (χ1) is 24.0. The van der Waals surface area contributed by atoms with Gasteiger partial charge in [0.1, 0.15) is 12.2 Å². The van der Waals surface area contributed by atoms with Gasteiger partial charge in [-0.25, -0.2) is 0 Å². The molecular weight excluding hydrogens is 638 g/mol. The number of nitrogens with zero attached hydrogens (tertiary/aromatic N) is 1. The molecule has 16 atom stereocenters. The molecule has 0 radical (unpaired) electrons. The maximum absolute atomic E-state index is 14.6. The maximum Gasteiger partial charge on any atom is 0.306 e. The minimum Gasteiger partial charge on any atom is -0.462 e. The van der Waals surface area contributed by atoms with E-state index in [1.54, 1.807) is 14.2 Å². The lowest BCUT2D eigenvalue weighted by Gasteiger charge is -2.40. The van der Waals surface area contributed by atoms with Gasteiger partial charge in [0.15, 0.2) is 18.4 Å². The minimum atomic E-state index is -0.499. The highest BCUT2D eigenvalue weighted by Gasteiger charge is 2.51. The van der Waals surface area contributed by atoms with Gasteiger partial charge in [-0.15, -0.1) is 0 Å². The lowest BCUT2D eigenvalue weighted by Crippen LogP contribution is -2.51. The number of allylic oxidation sites excluding steroid dienone is 4. The number of ether oxygens (including phenoxy) is 7. The molecule has 0 spiro atoms. The van der Waals surface area contributed by atoms with Gasteiger partial charge in [-0.1, -0.05) is 32.1 Å². The van der Waals surface area contributed by atoms with Crippen LogP contribution in [0.2, 0.25) is 0 Å². The third kappa shape index (κ3) is 8.12. The lowest BCUT2D eigenvalue weighted by atomic mass is 9.70. The van der Waals surface area contributed by atoms with Crippen LogP contribution in [0, 0.1) is 35.5 Å². The Labute approximate surface area is 299 Å². The van der Waals surface area contributed by atoms with Crippen molar-refractivity contribution in [3.8, 4) is 0 Å². The van der Waals surface area contributed by atoms with Gasteiger partial charge in [-0.2, -0.15) is 0 Å². The van der Waals surface area contributed by atoms with Crippen molar-refractivity contribution in [3.05, 3.63) is 23.8 Å². The van der Waals surface area contributed by atoms with E-state index in [0.29, 0.717) is 17.9 Å². The number of likely N-dealkylation sites (N-methyl/N-ethyl adjacent to an activating group) is 1. The Morgan fingerprint density at radius 1 is 0.880 bits per heavy atom. The number of hydrogen-bond acceptors (Lipinski definition) is 10. The van der Waals surface area contributed by atoms with Crippen LogP contribution < -0.4 is 0 Å². The molecule has 0 amide bonds. The largest absolute Gasteiger partial charge is 0.462 e. The Morgan fingerprint density at radius 2 is 1.68 bits per heavy atom. The smallest absolute Gasteiger partial charge is 0.306 e. The summed E-state index contributed by atoms with van der Waals surface area (Å²) in [6.45, 7) is 8.25. The lowest BCUT2D eigenvalue weighted by molar-refractivity contribution is -0.285. The number of methoxy groups -OCH3 is 2. The molecule has 0 aromatic rings. The molecular formula is C40H63NO9. The number of esters is 1. The molecule has 10 nitrogen and oxygen atoms in total. The van der Waals surface area contributed by atoms with Crippen molar-refractivity contribution in [2.45, 2.75) is 153 Å². The zero-order valence-electron chi connectivity index (χ0n) is 31.7. The monoisotopic (exact) mass is 701 g/mol. The summed E-state index contributed by atoms with van der Waals surface area (Å²) in [4.78, 5) is 30.3. The molecule has 0 unspecified atom stereocenters. The number of ketones is 1. The van der Waals surface area contributed by atoms with Gasteiger partial charge in [0.25, 0.3) is 0 Å². The molecule has 3 aliphatic carbocycles. The summed E-state index contributed by atoms with van der Waals surface area (Å²) >= 11 is 0. The Balaban J connectivity index is 1.21. The summed E-state index contributed by atoms with van der Waals surface area (Å²) in [6, 6.07) is 0.345. The van der Waals surface area contributed by atoms with Crippen molar-refractivity contribution in [3.63, 3.8) is 0 Å². The van der Waals surface area contributed by atoms with Gasteiger partial charge in [0.2, 0.25) is 0 Å². The van der Waals surface area contributed by atoms with Gasteiger partial charge in [0.05, 0.1) is 36.9 Å². The van der Waals surface area contributed by atoms with Crippen molar-refractivity contribution in [2.24, 2.45) is 35.5 Å². The van der Waals surface area contributed by atoms with Crippen LogP contribution in [0.5, 0.6) is 0 Å². The van der Waals surface area contributed by atoms with Crippen LogP contribution in [0.1, 0.15) is 91.9 Å². The van der Waals surface area contributed by atoms with Gasteiger partial charge in [-0.05, 0) is 109 Å². The summed E-state index contributed by atoms with van der Waals surface area (Å²) in [6.07, 6.45) is 12.8. The normalized spacial score (nSPS) is 45.6. The van der Waals surface area contributed by atoms with E-state index in [4.69, 9.17) is 33.2 Å². The number of carbonyl (C=O) groups excluding carboxylic acids is 2. The topological polar surface area (TPSA) is 102 Å². The molecule has 0 aromatic heterocycles. The van der Waals surface area contributed by atoms with Crippen molar-refractivity contribution < 1.29 is 42.7 Å². The Hall–Kier alpha value is -1.66. The zero-order chi connectivity index (χ0) is 35.7. The summed E-state index contributed by atoms with van der Waals surface area (Å²) in [5, 5.41) is 0.